The lowest BCUT2D eigenvalue weighted by Gasteiger charge is -2.46. The maximum Gasteiger partial charge on any atom is 0.216 e. The summed E-state index contributed by atoms with van der Waals surface area (Å²) in [5, 5.41) is 15.2. The molecule has 0 aliphatic carbocycles. The number of carbonyl (C=O) groups excluding carboxylic acids is 1. The molecule has 8 rings (SSSR count). The SMILES string of the molecule is Cc1nc(-c2cn[nH]n2)sc1C(=O)c1cnc(NC[C@H]2O[C@H](COCc3ccccc3)[C@@H](OCc3ccccc3)[C@H](OCc3ccccc3)[C@@H]2OCc2ccccc2)s1. The van der Waals surface area contributed by atoms with E-state index in [0.717, 1.165) is 22.3 Å². The van der Waals surface area contributed by atoms with Gasteiger partial charge in [-0.1, -0.05) is 133 Å². The summed E-state index contributed by atoms with van der Waals surface area (Å²) in [6.45, 7) is 3.80. The number of aromatic amines is 1. The van der Waals surface area contributed by atoms with Crippen LogP contribution >= 0.6 is 22.7 Å². The van der Waals surface area contributed by atoms with Crippen molar-refractivity contribution in [1.82, 2.24) is 25.4 Å². The number of ether oxygens (including phenoxy) is 5. The molecule has 3 aromatic heterocycles. The van der Waals surface area contributed by atoms with Crippen LogP contribution < -0.4 is 5.32 Å². The largest absolute Gasteiger partial charge is 0.374 e. The van der Waals surface area contributed by atoms with E-state index in [2.05, 4.69) is 30.7 Å². The van der Waals surface area contributed by atoms with Crippen molar-refractivity contribution in [3.05, 3.63) is 171 Å². The van der Waals surface area contributed by atoms with E-state index in [4.69, 9.17) is 23.7 Å². The number of anilines is 1. The van der Waals surface area contributed by atoms with Gasteiger partial charge in [-0.25, -0.2) is 9.97 Å². The molecule has 4 aromatic carbocycles. The Balaban J connectivity index is 1.06. The molecule has 0 unspecified atom stereocenters. The van der Waals surface area contributed by atoms with Crippen molar-refractivity contribution >= 4 is 33.6 Å². The first-order valence-corrected chi connectivity index (χ1v) is 21.0. The zero-order chi connectivity index (χ0) is 40.2. The number of benzene rings is 4. The second-order valence-corrected chi connectivity index (χ2v) is 16.1. The molecule has 0 amide bonds. The average Bonchev–Trinajstić information content (AvgIpc) is 4.08. The van der Waals surface area contributed by atoms with Gasteiger partial charge >= 0.3 is 0 Å². The van der Waals surface area contributed by atoms with E-state index in [1.807, 2.05) is 128 Å². The van der Waals surface area contributed by atoms with Crippen LogP contribution in [0.1, 0.15) is 42.5 Å². The number of H-pyrrole nitrogens is 1. The number of rotatable bonds is 19. The molecule has 12 nitrogen and oxygen atoms in total. The van der Waals surface area contributed by atoms with Crippen LogP contribution in [0.25, 0.3) is 10.7 Å². The third-order valence-corrected chi connectivity index (χ3v) is 11.9. The van der Waals surface area contributed by atoms with Gasteiger partial charge < -0.3 is 29.0 Å². The Morgan fingerprint density at radius 3 is 1.80 bits per heavy atom. The lowest BCUT2D eigenvalue weighted by Crippen LogP contribution is -2.62. The van der Waals surface area contributed by atoms with Gasteiger partial charge in [0.05, 0.1) is 60.9 Å². The minimum absolute atomic E-state index is 0.151. The number of hydrogen-bond donors (Lipinski definition) is 2. The second-order valence-electron chi connectivity index (χ2n) is 14.0. The predicted octanol–water partition coefficient (Wildman–Crippen LogP) is 8.08. The molecule has 1 aliphatic heterocycles. The lowest BCUT2D eigenvalue weighted by atomic mass is 9.93. The number of nitrogens with zero attached hydrogens (tertiary/aromatic N) is 4. The van der Waals surface area contributed by atoms with Gasteiger partial charge in [0, 0.05) is 6.54 Å². The molecule has 0 bridgehead atoms. The number of nitrogens with one attached hydrogen (secondary N) is 2. The summed E-state index contributed by atoms with van der Waals surface area (Å²) in [7, 11) is 0. The van der Waals surface area contributed by atoms with Crippen LogP contribution in [0.5, 0.6) is 0 Å². The molecule has 1 saturated heterocycles. The molecule has 2 N–H and O–H groups in total. The first-order valence-electron chi connectivity index (χ1n) is 19.4. The highest BCUT2D eigenvalue weighted by atomic mass is 32.1. The quantitative estimate of drug-likeness (QED) is 0.0765. The number of hydrogen-bond acceptors (Lipinski definition) is 13. The van der Waals surface area contributed by atoms with Gasteiger partial charge in [0.1, 0.15) is 41.2 Å². The predicted molar refractivity (Wildman–Crippen MR) is 226 cm³/mol. The average molecular weight is 829 g/mol. The van der Waals surface area contributed by atoms with E-state index in [1.165, 1.54) is 22.7 Å². The van der Waals surface area contributed by atoms with Crippen molar-refractivity contribution in [2.75, 3.05) is 18.5 Å². The lowest BCUT2D eigenvalue weighted by molar-refractivity contribution is -0.269. The Morgan fingerprint density at radius 1 is 0.695 bits per heavy atom. The standard InChI is InChI=1S/C45H44N6O6S2/c1-30-43(59-44(49-30)35-22-48-51-50-35)39(52)38-24-47-45(58-38)46-23-36-40(54-26-32-16-8-3-9-17-32)42(56-28-34-20-12-5-13-21-34)41(55-27-33-18-10-4-11-19-33)37(57-36)29-53-25-31-14-6-2-7-15-31/h2-22,24,36-37,40-42H,23,25-29H2,1H3,(H,46,47)(H,48,50,51)/t36-,37-,40-,41-,42-/m1/s1. The first kappa shape index (κ1) is 40.3. The Hall–Kier alpha value is -5.45. The minimum Gasteiger partial charge on any atom is -0.374 e. The fourth-order valence-corrected chi connectivity index (χ4v) is 8.64. The maximum absolute atomic E-state index is 13.7. The fourth-order valence-electron chi connectivity index (χ4n) is 6.83. The van der Waals surface area contributed by atoms with Crippen LogP contribution in [0.3, 0.4) is 0 Å². The van der Waals surface area contributed by atoms with E-state index >= 15 is 0 Å². The van der Waals surface area contributed by atoms with Gasteiger partial charge in [0.15, 0.2) is 5.13 Å². The molecule has 0 spiro atoms. The van der Waals surface area contributed by atoms with Crippen molar-refractivity contribution in [1.29, 1.82) is 0 Å². The topological polar surface area (TPSA) is 143 Å². The molecule has 1 aliphatic rings. The molecule has 302 valence electrons. The monoisotopic (exact) mass is 828 g/mol. The van der Waals surface area contributed by atoms with Crippen LogP contribution in [-0.2, 0) is 50.1 Å². The smallest absolute Gasteiger partial charge is 0.216 e. The van der Waals surface area contributed by atoms with Crippen LogP contribution in [0.2, 0.25) is 0 Å². The highest BCUT2D eigenvalue weighted by Gasteiger charge is 2.48. The Morgan fingerprint density at radius 2 is 1.24 bits per heavy atom. The summed E-state index contributed by atoms with van der Waals surface area (Å²) >= 11 is 2.56. The normalized spacial score (nSPS) is 19.1. The van der Waals surface area contributed by atoms with Gasteiger partial charge in [-0.15, -0.1) is 11.3 Å². The van der Waals surface area contributed by atoms with E-state index in [9.17, 15) is 4.79 Å². The first-order chi connectivity index (χ1) is 29.1. The Kier molecular flexibility index (Phi) is 13.7. The fraction of sp³-hybridized carbons (Fsp3) is 0.267. The molecule has 7 aromatic rings. The zero-order valence-corrected chi connectivity index (χ0v) is 34.0. The van der Waals surface area contributed by atoms with E-state index < -0.39 is 30.5 Å². The number of ketones is 1. The third-order valence-electron chi connectivity index (χ3n) is 9.80. The van der Waals surface area contributed by atoms with Crippen molar-refractivity contribution in [2.45, 2.75) is 63.9 Å². The van der Waals surface area contributed by atoms with Gasteiger partial charge in [-0.05, 0) is 29.2 Å². The summed E-state index contributed by atoms with van der Waals surface area (Å²) in [5.74, 6) is -0.151. The number of carbonyl (C=O) groups is 1. The summed E-state index contributed by atoms with van der Waals surface area (Å²) in [6, 6.07) is 40.3. The highest BCUT2D eigenvalue weighted by Crippen LogP contribution is 2.33. The van der Waals surface area contributed by atoms with Gasteiger partial charge in [-0.2, -0.15) is 15.4 Å². The number of thiazole rings is 2. The highest BCUT2D eigenvalue weighted by molar-refractivity contribution is 7.20. The number of aromatic nitrogens is 5. The molecule has 5 atom stereocenters. The molecular weight excluding hydrogens is 785 g/mol. The summed E-state index contributed by atoms with van der Waals surface area (Å²) in [6.07, 6.45) is 0.436. The van der Waals surface area contributed by atoms with Crippen LogP contribution in [0.4, 0.5) is 5.13 Å². The number of aryl methyl sites for hydroxylation is 1. The van der Waals surface area contributed by atoms with Crippen LogP contribution in [-0.4, -0.2) is 74.8 Å². The Bertz CT molecular complexity index is 2330. The van der Waals surface area contributed by atoms with Gasteiger partial charge in [0.2, 0.25) is 5.78 Å². The van der Waals surface area contributed by atoms with Gasteiger partial charge in [0.25, 0.3) is 0 Å². The third kappa shape index (κ3) is 10.6. The van der Waals surface area contributed by atoms with E-state index in [-0.39, 0.29) is 12.4 Å². The van der Waals surface area contributed by atoms with E-state index in [1.54, 1.807) is 12.4 Å². The molecule has 0 radical (unpaired) electrons. The molecule has 14 heteroatoms. The second kappa shape index (κ2) is 20.0. The summed E-state index contributed by atoms with van der Waals surface area (Å²) in [4.78, 5) is 23.9. The molecule has 4 heterocycles. The Labute approximate surface area is 350 Å². The minimum atomic E-state index is -0.576. The van der Waals surface area contributed by atoms with Crippen molar-refractivity contribution < 1.29 is 28.5 Å². The summed E-state index contributed by atoms with van der Waals surface area (Å²) < 4.78 is 33.8. The zero-order valence-electron chi connectivity index (χ0n) is 32.4. The van der Waals surface area contributed by atoms with Crippen molar-refractivity contribution in [3.63, 3.8) is 0 Å². The van der Waals surface area contributed by atoms with Crippen LogP contribution in [0, 0.1) is 6.92 Å². The molecule has 0 saturated carbocycles. The molecule has 59 heavy (non-hydrogen) atoms. The molecule has 1 fully saturated rings. The summed E-state index contributed by atoms with van der Waals surface area (Å²) in [5.41, 5.74) is 5.34. The van der Waals surface area contributed by atoms with Crippen molar-refractivity contribution in [3.8, 4) is 10.7 Å². The van der Waals surface area contributed by atoms with Gasteiger partial charge in [-0.3, -0.25) is 4.79 Å². The maximum atomic E-state index is 13.7. The molecular formula is C45H44N6O6S2. The van der Waals surface area contributed by atoms with Crippen LogP contribution in [0.15, 0.2) is 134 Å². The van der Waals surface area contributed by atoms with E-state index in [0.29, 0.717) is 64.3 Å². The van der Waals surface area contributed by atoms with Crippen molar-refractivity contribution in [2.24, 2.45) is 0 Å².